The van der Waals surface area contributed by atoms with Crippen molar-refractivity contribution in [2.24, 2.45) is 0 Å². The van der Waals surface area contributed by atoms with Gasteiger partial charge in [-0.05, 0) is 56.4 Å². The number of hydrogen-bond donors (Lipinski definition) is 1. The number of halogens is 2. The highest BCUT2D eigenvalue weighted by molar-refractivity contribution is 7.18. The number of thiophene rings is 1. The molecule has 1 aliphatic rings. The van der Waals surface area contributed by atoms with Gasteiger partial charge in [0.1, 0.15) is 16.5 Å². The Labute approximate surface area is 191 Å². The van der Waals surface area contributed by atoms with Crippen LogP contribution in [-0.4, -0.2) is 20.6 Å². The maximum atomic E-state index is 13.4. The number of nitrogens with zero attached hydrogens (tertiary/aromatic N) is 3. The topological polar surface area (TPSA) is 59.8 Å². The molecule has 1 aliphatic carbocycles. The van der Waals surface area contributed by atoms with E-state index in [4.69, 9.17) is 0 Å². The normalized spacial score (nSPS) is 16.9. The highest BCUT2D eigenvalue weighted by atomic mass is 32.1. The molecule has 0 spiro atoms. The summed E-state index contributed by atoms with van der Waals surface area (Å²) in [6.07, 6.45) is 4.02. The van der Waals surface area contributed by atoms with Crippen LogP contribution in [0.3, 0.4) is 0 Å². The largest absolute Gasteiger partial charge is 0.310 e. The Morgan fingerprint density at radius 3 is 2.78 bits per heavy atom. The zero-order valence-electron chi connectivity index (χ0n) is 17.7. The lowest BCUT2D eigenvalue weighted by molar-refractivity contribution is 0.460. The van der Waals surface area contributed by atoms with Crippen LogP contribution in [0.4, 0.5) is 8.78 Å². The molecule has 4 aromatic rings. The summed E-state index contributed by atoms with van der Waals surface area (Å²) in [7, 11) is 0. The van der Waals surface area contributed by atoms with E-state index in [1.807, 2.05) is 19.2 Å². The fourth-order valence-electron chi connectivity index (χ4n) is 4.32. The molecule has 0 fully saturated rings. The number of aromatic nitrogens is 3. The number of thiazole rings is 1. The third-order valence-electron chi connectivity index (χ3n) is 5.99. The SMILES string of the molecule is Cc1nc([C@@H](C)n2cnc3sc4c(c3c2=O)CC[C@@H](NCc2cc(F)cc(F)c2)C4)cs1. The Kier molecular flexibility index (Phi) is 5.65. The molecule has 0 bridgehead atoms. The van der Waals surface area contributed by atoms with Crippen LogP contribution >= 0.6 is 22.7 Å². The second kappa shape index (κ2) is 8.46. The van der Waals surface area contributed by atoms with Gasteiger partial charge in [0.25, 0.3) is 5.56 Å². The zero-order valence-corrected chi connectivity index (χ0v) is 19.3. The lowest BCUT2D eigenvalue weighted by Gasteiger charge is -2.23. The van der Waals surface area contributed by atoms with Crippen LogP contribution in [0.25, 0.3) is 10.2 Å². The number of aryl methyl sites for hydroxylation is 2. The van der Waals surface area contributed by atoms with Crippen molar-refractivity contribution in [3.63, 3.8) is 0 Å². The Balaban J connectivity index is 1.38. The predicted molar refractivity (Wildman–Crippen MR) is 124 cm³/mol. The van der Waals surface area contributed by atoms with Gasteiger partial charge in [0.05, 0.1) is 28.5 Å². The molecule has 9 heteroatoms. The van der Waals surface area contributed by atoms with Gasteiger partial charge in [0.2, 0.25) is 0 Å². The van der Waals surface area contributed by atoms with Crippen molar-refractivity contribution in [3.8, 4) is 0 Å². The number of fused-ring (bicyclic) bond motifs is 3. The van der Waals surface area contributed by atoms with Gasteiger partial charge in [-0.15, -0.1) is 22.7 Å². The van der Waals surface area contributed by atoms with Gasteiger partial charge in [-0.2, -0.15) is 0 Å². The van der Waals surface area contributed by atoms with E-state index < -0.39 is 11.6 Å². The van der Waals surface area contributed by atoms with E-state index in [1.54, 1.807) is 33.6 Å². The minimum atomic E-state index is -0.568. The molecule has 166 valence electrons. The zero-order chi connectivity index (χ0) is 22.4. The molecule has 3 heterocycles. The van der Waals surface area contributed by atoms with Crippen molar-refractivity contribution in [1.29, 1.82) is 0 Å². The minimum absolute atomic E-state index is 0.0210. The van der Waals surface area contributed by atoms with Crippen molar-refractivity contribution in [2.75, 3.05) is 0 Å². The standard InChI is InChI=1S/C23H22F2N4OS2/c1-12(19-10-31-13(2)28-19)29-11-27-22-21(23(29)30)18-4-3-17(8-20(18)32-22)26-9-14-5-15(24)7-16(25)6-14/h5-7,10-12,17,26H,3-4,8-9H2,1-2H3/t12-,17-/m1/s1. The van der Waals surface area contributed by atoms with Crippen molar-refractivity contribution in [3.05, 3.63) is 78.6 Å². The first-order chi connectivity index (χ1) is 15.4. The van der Waals surface area contributed by atoms with Crippen LogP contribution in [0.15, 0.2) is 34.7 Å². The van der Waals surface area contributed by atoms with Crippen molar-refractivity contribution < 1.29 is 8.78 Å². The quantitative estimate of drug-likeness (QED) is 0.455. The van der Waals surface area contributed by atoms with Crippen molar-refractivity contribution >= 4 is 32.9 Å². The molecule has 3 aromatic heterocycles. The van der Waals surface area contributed by atoms with Gasteiger partial charge in [-0.25, -0.2) is 18.7 Å². The number of nitrogens with one attached hydrogen (secondary N) is 1. The summed E-state index contributed by atoms with van der Waals surface area (Å²) >= 11 is 3.14. The van der Waals surface area contributed by atoms with Crippen molar-refractivity contribution in [1.82, 2.24) is 19.9 Å². The predicted octanol–water partition coefficient (Wildman–Crippen LogP) is 4.76. The Bertz CT molecular complexity index is 1340. The first-order valence-corrected chi connectivity index (χ1v) is 12.2. The summed E-state index contributed by atoms with van der Waals surface area (Å²) in [5, 5.41) is 7.09. The van der Waals surface area contributed by atoms with E-state index in [0.717, 1.165) is 56.7 Å². The second-order valence-electron chi connectivity index (χ2n) is 8.21. The molecule has 1 N–H and O–H groups in total. The first-order valence-electron chi connectivity index (χ1n) is 10.5. The Hall–Kier alpha value is -2.49. The van der Waals surface area contributed by atoms with Gasteiger partial charge in [0.15, 0.2) is 0 Å². The van der Waals surface area contributed by atoms with E-state index in [2.05, 4.69) is 15.3 Å². The lowest BCUT2D eigenvalue weighted by atomic mass is 9.93. The van der Waals surface area contributed by atoms with Crippen LogP contribution in [0, 0.1) is 18.6 Å². The smallest absolute Gasteiger partial charge is 0.262 e. The van der Waals surface area contributed by atoms with Crippen LogP contribution in [0.2, 0.25) is 0 Å². The fourth-order valence-corrected chi connectivity index (χ4v) is 6.28. The summed E-state index contributed by atoms with van der Waals surface area (Å²) in [6.45, 7) is 4.32. The van der Waals surface area contributed by atoms with Crippen molar-refractivity contribution in [2.45, 2.75) is 51.7 Å². The number of benzene rings is 1. The molecule has 0 aliphatic heterocycles. The Morgan fingerprint density at radius 2 is 2.06 bits per heavy atom. The molecular formula is C23H22F2N4OS2. The molecule has 32 heavy (non-hydrogen) atoms. The minimum Gasteiger partial charge on any atom is -0.310 e. The third kappa shape index (κ3) is 4.00. The summed E-state index contributed by atoms with van der Waals surface area (Å²) in [6, 6.07) is 3.58. The highest BCUT2D eigenvalue weighted by Crippen LogP contribution is 2.34. The van der Waals surface area contributed by atoms with Gasteiger partial charge < -0.3 is 5.32 Å². The average molecular weight is 473 g/mol. The summed E-state index contributed by atoms with van der Waals surface area (Å²) in [5.74, 6) is -1.14. The number of hydrogen-bond acceptors (Lipinski definition) is 6. The molecular weight excluding hydrogens is 450 g/mol. The van der Waals surface area contributed by atoms with Gasteiger partial charge in [-0.1, -0.05) is 0 Å². The van der Waals surface area contributed by atoms with Crippen LogP contribution in [-0.2, 0) is 19.4 Å². The third-order valence-corrected chi connectivity index (χ3v) is 7.95. The molecule has 0 saturated carbocycles. The maximum Gasteiger partial charge on any atom is 0.262 e. The van der Waals surface area contributed by atoms with Crippen LogP contribution < -0.4 is 10.9 Å². The van der Waals surface area contributed by atoms with E-state index in [0.29, 0.717) is 12.1 Å². The summed E-state index contributed by atoms with van der Waals surface area (Å²) < 4.78 is 28.5. The molecule has 0 saturated heterocycles. The number of rotatable bonds is 5. The van der Waals surface area contributed by atoms with Gasteiger partial charge in [-0.3, -0.25) is 9.36 Å². The summed E-state index contributed by atoms with van der Waals surface area (Å²) in [4.78, 5) is 24.4. The average Bonchev–Trinajstić information content (AvgIpc) is 3.34. The van der Waals surface area contributed by atoms with E-state index >= 15 is 0 Å². The van der Waals surface area contributed by atoms with E-state index in [9.17, 15) is 13.6 Å². The monoisotopic (exact) mass is 472 g/mol. The first kappa shape index (κ1) is 21.4. The lowest BCUT2D eigenvalue weighted by Crippen LogP contribution is -2.34. The molecule has 5 nitrogen and oxygen atoms in total. The van der Waals surface area contributed by atoms with Crippen LogP contribution in [0.5, 0.6) is 0 Å². The molecule has 2 atom stereocenters. The second-order valence-corrected chi connectivity index (χ2v) is 10.4. The Morgan fingerprint density at radius 1 is 1.28 bits per heavy atom. The molecule has 1 aromatic carbocycles. The molecule has 0 radical (unpaired) electrons. The molecule has 5 rings (SSSR count). The van der Waals surface area contributed by atoms with Crippen LogP contribution in [0.1, 0.15) is 46.1 Å². The highest BCUT2D eigenvalue weighted by Gasteiger charge is 2.26. The summed E-state index contributed by atoms with van der Waals surface area (Å²) in [5.41, 5.74) is 2.53. The maximum absolute atomic E-state index is 13.4. The van der Waals surface area contributed by atoms with E-state index in [-0.39, 0.29) is 17.6 Å². The molecule has 0 amide bonds. The fraction of sp³-hybridized carbons (Fsp3) is 0.348. The van der Waals surface area contributed by atoms with Gasteiger partial charge in [0, 0.05) is 28.9 Å². The molecule has 0 unspecified atom stereocenters. The van der Waals surface area contributed by atoms with Gasteiger partial charge >= 0.3 is 0 Å². The van der Waals surface area contributed by atoms with E-state index in [1.165, 1.54) is 12.1 Å².